The topological polar surface area (TPSA) is 73.7 Å². The standard InChI is InChI=1S/C27H28ClN3O4/c1-2-35-27(33)19-12-10-18(11-13-19)25-20-6-3-4-8-22(20)31(29-25)26(32)24-21(28)7-5-9-23(24)30-14-16-34-17-15-30/h5,7,9-13H,2-4,6,8,14-17H2,1H3. The maximum Gasteiger partial charge on any atom is 0.338 e. The normalized spacial score (nSPS) is 15.5. The lowest BCUT2D eigenvalue weighted by atomic mass is 9.93. The number of esters is 1. The second kappa shape index (κ2) is 10.2. The Kier molecular flexibility index (Phi) is 6.88. The number of rotatable bonds is 5. The van der Waals surface area contributed by atoms with Crippen molar-refractivity contribution in [2.45, 2.75) is 32.6 Å². The van der Waals surface area contributed by atoms with Crippen molar-refractivity contribution in [3.05, 3.63) is 69.9 Å². The minimum Gasteiger partial charge on any atom is -0.462 e. The van der Waals surface area contributed by atoms with Gasteiger partial charge in [0.15, 0.2) is 0 Å². The minimum absolute atomic E-state index is 0.218. The number of hydrogen-bond acceptors (Lipinski definition) is 6. The zero-order chi connectivity index (χ0) is 24.4. The van der Waals surface area contributed by atoms with E-state index in [-0.39, 0.29) is 11.9 Å². The molecule has 35 heavy (non-hydrogen) atoms. The Morgan fingerprint density at radius 3 is 2.54 bits per heavy atom. The van der Waals surface area contributed by atoms with E-state index in [2.05, 4.69) is 4.90 Å². The van der Waals surface area contributed by atoms with Gasteiger partial charge in [-0.25, -0.2) is 4.79 Å². The fraction of sp³-hybridized carbons (Fsp3) is 0.370. The van der Waals surface area contributed by atoms with Crippen molar-refractivity contribution in [1.82, 2.24) is 9.78 Å². The van der Waals surface area contributed by atoms with E-state index in [9.17, 15) is 9.59 Å². The Labute approximate surface area is 209 Å². The lowest BCUT2D eigenvalue weighted by molar-refractivity contribution is 0.0526. The fourth-order valence-electron chi connectivity index (χ4n) is 4.88. The highest BCUT2D eigenvalue weighted by Crippen LogP contribution is 2.34. The first-order valence-corrected chi connectivity index (χ1v) is 12.5. The summed E-state index contributed by atoms with van der Waals surface area (Å²) in [5, 5.41) is 5.24. The maximum atomic E-state index is 14.0. The Morgan fingerprint density at radius 1 is 1.06 bits per heavy atom. The van der Waals surface area contributed by atoms with Gasteiger partial charge in [0.05, 0.1) is 53.0 Å². The summed E-state index contributed by atoms with van der Waals surface area (Å²) in [6.45, 7) is 4.75. The van der Waals surface area contributed by atoms with Crippen molar-refractivity contribution < 1.29 is 19.1 Å². The summed E-state index contributed by atoms with van der Waals surface area (Å²) in [4.78, 5) is 28.2. The van der Waals surface area contributed by atoms with Gasteiger partial charge in [-0.2, -0.15) is 9.78 Å². The van der Waals surface area contributed by atoms with Gasteiger partial charge in [-0.1, -0.05) is 29.8 Å². The van der Waals surface area contributed by atoms with Crippen LogP contribution in [0.3, 0.4) is 0 Å². The molecule has 0 radical (unpaired) electrons. The molecule has 182 valence electrons. The molecule has 1 fully saturated rings. The molecule has 7 nitrogen and oxygen atoms in total. The van der Waals surface area contributed by atoms with Crippen LogP contribution >= 0.6 is 11.6 Å². The Balaban J connectivity index is 1.55. The average Bonchev–Trinajstić information content (AvgIpc) is 3.29. The lowest BCUT2D eigenvalue weighted by Gasteiger charge is -2.30. The molecule has 2 heterocycles. The van der Waals surface area contributed by atoms with Crippen LogP contribution < -0.4 is 4.90 Å². The third-order valence-electron chi connectivity index (χ3n) is 6.60. The highest BCUT2D eigenvalue weighted by Gasteiger charge is 2.29. The van der Waals surface area contributed by atoms with Gasteiger partial charge in [0, 0.05) is 24.2 Å². The van der Waals surface area contributed by atoms with Gasteiger partial charge in [-0.3, -0.25) is 4.79 Å². The summed E-state index contributed by atoms with van der Waals surface area (Å²) >= 11 is 6.61. The molecule has 0 spiro atoms. The summed E-state index contributed by atoms with van der Waals surface area (Å²) < 4.78 is 12.1. The number of fused-ring (bicyclic) bond motifs is 1. The molecule has 1 saturated heterocycles. The number of aromatic nitrogens is 2. The summed E-state index contributed by atoms with van der Waals surface area (Å²) in [5.74, 6) is -0.569. The predicted molar refractivity (Wildman–Crippen MR) is 134 cm³/mol. The van der Waals surface area contributed by atoms with Gasteiger partial charge in [-0.15, -0.1) is 0 Å². The third kappa shape index (κ3) is 4.58. The predicted octanol–water partition coefficient (Wildman–Crippen LogP) is 4.78. The van der Waals surface area contributed by atoms with Gasteiger partial charge in [-0.05, 0) is 56.9 Å². The first-order valence-electron chi connectivity index (χ1n) is 12.1. The van der Waals surface area contributed by atoms with Crippen molar-refractivity contribution in [3.8, 4) is 11.3 Å². The van der Waals surface area contributed by atoms with Gasteiger partial charge >= 0.3 is 5.97 Å². The second-order valence-corrected chi connectivity index (χ2v) is 9.14. The molecule has 0 atom stereocenters. The SMILES string of the molecule is CCOC(=O)c1ccc(-c2nn(C(=O)c3c(Cl)cccc3N3CCOCC3)c3c2CCCC3)cc1. The number of hydrogen-bond donors (Lipinski definition) is 0. The van der Waals surface area contributed by atoms with Crippen molar-refractivity contribution in [2.24, 2.45) is 0 Å². The smallest absolute Gasteiger partial charge is 0.338 e. The zero-order valence-electron chi connectivity index (χ0n) is 19.8. The van der Waals surface area contributed by atoms with Gasteiger partial charge in [0.2, 0.25) is 0 Å². The molecule has 0 amide bonds. The van der Waals surface area contributed by atoms with Gasteiger partial charge in [0.25, 0.3) is 5.91 Å². The molecule has 1 aliphatic carbocycles. The highest BCUT2D eigenvalue weighted by molar-refractivity contribution is 6.34. The number of benzene rings is 2. The van der Waals surface area contributed by atoms with Crippen LogP contribution in [0.4, 0.5) is 5.69 Å². The van der Waals surface area contributed by atoms with E-state index in [0.717, 1.165) is 53.9 Å². The Hall–Kier alpha value is -3.16. The fourth-order valence-corrected chi connectivity index (χ4v) is 5.13. The van der Waals surface area contributed by atoms with E-state index in [0.29, 0.717) is 49.1 Å². The molecule has 5 rings (SSSR count). The molecule has 1 aliphatic heterocycles. The largest absolute Gasteiger partial charge is 0.462 e. The summed E-state index contributed by atoms with van der Waals surface area (Å²) in [6.07, 6.45) is 3.70. The first kappa shape index (κ1) is 23.6. The molecule has 8 heteroatoms. The second-order valence-electron chi connectivity index (χ2n) is 8.73. The van der Waals surface area contributed by atoms with E-state index in [1.165, 1.54) is 0 Å². The van der Waals surface area contributed by atoms with Crippen LogP contribution in [-0.2, 0) is 22.3 Å². The van der Waals surface area contributed by atoms with Crippen LogP contribution in [-0.4, -0.2) is 54.6 Å². The van der Waals surface area contributed by atoms with Crippen LogP contribution in [0.25, 0.3) is 11.3 Å². The molecule has 2 aliphatic rings. The number of morpholine rings is 1. The van der Waals surface area contributed by atoms with Crippen LogP contribution in [0.15, 0.2) is 42.5 Å². The summed E-state index contributed by atoms with van der Waals surface area (Å²) in [5.41, 5.74) is 5.46. The minimum atomic E-state index is -0.351. The molecule has 2 aromatic carbocycles. The van der Waals surface area contributed by atoms with Crippen LogP contribution in [0, 0.1) is 0 Å². The van der Waals surface area contributed by atoms with Crippen LogP contribution in [0.1, 0.15) is 51.7 Å². The average molecular weight is 494 g/mol. The van der Waals surface area contributed by atoms with E-state index < -0.39 is 0 Å². The molecule has 0 bridgehead atoms. The van der Waals surface area contributed by atoms with Crippen molar-refractivity contribution in [3.63, 3.8) is 0 Å². The monoisotopic (exact) mass is 493 g/mol. The summed E-state index contributed by atoms with van der Waals surface area (Å²) in [7, 11) is 0. The Morgan fingerprint density at radius 2 is 1.80 bits per heavy atom. The molecular formula is C27H28ClN3O4. The molecule has 0 saturated carbocycles. The van der Waals surface area contributed by atoms with Crippen molar-refractivity contribution >= 4 is 29.2 Å². The van der Waals surface area contributed by atoms with E-state index in [4.69, 9.17) is 26.2 Å². The van der Waals surface area contributed by atoms with E-state index >= 15 is 0 Å². The molecule has 1 aromatic heterocycles. The Bertz CT molecular complexity index is 1250. The van der Waals surface area contributed by atoms with Crippen molar-refractivity contribution in [2.75, 3.05) is 37.8 Å². The molecule has 0 unspecified atom stereocenters. The van der Waals surface area contributed by atoms with Gasteiger partial charge in [0.1, 0.15) is 0 Å². The van der Waals surface area contributed by atoms with E-state index in [1.54, 1.807) is 29.8 Å². The number of carbonyl (C=O) groups is 2. The van der Waals surface area contributed by atoms with E-state index in [1.807, 2.05) is 24.3 Å². The van der Waals surface area contributed by atoms with Crippen LogP contribution in [0.5, 0.6) is 0 Å². The zero-order valence-corrected chi connectivity index (χ0v) is 20.5. The third-order valence-corrected chi connectivity index (χ3v) is 6.91. The van der Waals surface area contributed by atoms with Gasteiger partial charge < -0.3 is 14.4 Å². The molecular weight excluding hydrogens is 466 g/mol. The summed E-state index contributed by atoms with van der Waals surface area (Å²) in [6, 6.07) is 12.8. The maximum absolute atomic E-state index is 14.0. The first-order chi connectivity index (χ1) is 17.1. The number of anilines is 1. The number of nitrogens with zero attached hydrogens (tertiary/aromatic N) is 3. The molecule has 3 aromatic rings. The highest BCUT2D eigenvalue weighted by atomic mass is 35.5. The quantitative estimate of drug-likeness (QED) is 0.476. The number of ether oxygens (including phenoxy) is 2. The lowest BCUT2D eigenvalue weighted by Crippen LogP contribution is -2.37. The number of carbonyl (C=O) groups excluding carboxylic acids is 2. The number of halogens is 1. The van der Waals surface area contributed by atoms with Crippen LogP contribution in [0.2, 0.25) is 5.02 Å². The molecule has 0 N–H and O–H groups in total. The van der Waals surface area contributed by atoms with Crippen molar-refractivity contribution in [1.29, 1.82) is 0 Å².